The van der Waals surface area contributed by atoms with E-state index in [1.165, 1.54) is 16.7 Å². The van der Waals surface area contributed by atoms with Gasteiger partial charge in [0.2, 0.25) is 0 Å². The van der Waals surface area contributed by atoms with Crippen molar-refractivity contribution in [1.29, 1.82) is 0 Å². The molecular formula is C18H24N2O. The average molecular weight is 284 g/mol. The van der Waals surface area contributed by atoms with Crippen LogP contribution in [-0.2, 0) is 12.8 Å². The van der Waals surface area contributed by atoms with Gasteiger partial charge in [-0.05, 0) is 48.2 Å². The van der Waals surface area contributed by atoms with Crippen LogP contribution in [0.25, 0.3) is 0 Å². The molecular weight excluding hydrogens is 260 g/mol. The number of nitrogens with one attached hydrogen (secondary N) is 1. The van der Waals surface area contributed by atoms with Gasteiger partial charge in [-0.2, -0.15) is 0 Å². The molecule has 21 heavy (non-hydrogen) atoms. The molecule has 2 rings (SSSR count). The zero-order valence-corrected chi connectivity index (χ0v) is 13.1. The standard InChI is InChI=1S/C18H24N2O/c1-4-14-13-19-11-10-16(14)17(20-5-2)12-15-8-6-7-9-18(15)21-3/h6-11,13,17,20H,4-5,12H2,1-3H3. The summed E-state index contributed by atoms with van der Waals surface area (Å²) in [6, 6.07) is 10.6. The van der Waals surface area contributed by atoms with E-state index in [9.17, 15) is 0 Å². The molecule has 2 aromatic rings. The van der Waals surface area contributed by atoms with Crippen molar-refractivity contribution in [2.75, 3.05) is 13.7 Å². The van der Waals surface area contributed by atoms with Crippen LogP contribution in [0.4, 0.5) is 0 Å². The minimum atomic E-state index is 0.282. The van der Waals surface area contributed by atoms with E-state index < -0.39 is 0 Å². The molecule has 1 atom stereocenters. The first-order valence-corrected chi connectivity index (χ1v) is 7.58. The lowest BCUT2D eigenvalue weighted by molar-refractivity contribution is 0.405. The molecule has 0 spiro atoms. The predicted octanol–water partition coefficient (Wildman–Crippen LogP) is 3.55. The highest BCUT2D eigenvalue weighted by atomic mass is 16.5. The Bertz CT molecular complexity index is 569. The second-order valence-electron chi connectivity index (χ2n) is 5.05. The van der Waals surface area contributed by atoms with Crippen molar-refractivity contribution in [3.63, 3.8) is 0 Å². The largest absolute Gasteiger partial charge is 0.496 e. The van der Waals surface area contributed by atoms with Crippen molar-refractivity contribution >= 4 is 0 Å². The molecule has 3 heteroatoms. The van der Waals surface area contributed by atoms with Crippen molar-refractivity contribution in [2.24, 2.45) is 0 Å². The lowest BCUT2D eigenvalue weighted by Gasteiger charge is -2.22. The van der Waals surface area contributed by atoms with Gasteiger partial charge in [0.15, 0.2) is 0 Å². The first kappa shape index (κ1) is 15.5. The molecule has 0 saturated heterocycles. The van der Waals surface area contributed by atoms with E-state index in [0.717, 1.165) is 25.1 Å². The van der Waals surface area contributed by atoms with Crippen molar-refractivity contribution in [1.82, 2.24) is 10.3 Å². The van der Waals surface area contributed by atoms with Gasteiger partial charge in [-0.3, -0.25) is 4.98 Å². The summed E-state index contributed by atoms with van der Waals surface area (Å²) in [5.41, 5.74) is 3.86. The quantitative estimate of drug-likeness (QED) is 0.844. The van der Waals surface area contributed by atoms with Gasteiger partial charge in [-0.25, -0.2) is 0 Å². The topological polar surface area (TPSA) is 34.1 Å². The summed E-state index contributed by atoms with van der Waals surface area (Å²) in [6.45, 7) is 5.25. The highest BCUT2D eigenvalue weighted by Gasteiger charge is 2.16. The van der Waals surface area contributed by atoms with E-state index in [2.05, 4.69) is 42.3 Å². The number of nitrogens with zero attached hydrogens (tertiary/aromatic N) is 1. The molecule has 0 aliphatic heterocycles. The van der Waals surface area contributed by atoms with E-state index in [0.29, 0.717) is 0 Å². The van der Waals surface area contributed by atoms with E-state index in [4.69, 9.17) is 4.74 Å². The second-order valence-corrected chi connectivity index (χ2v) is 5.05. The Kier molecular flexibility index (Phi) is 5.76. The smallest absolute Gasteiger partial charge is 0.122 e. The Hall–Kier alpha value is -1.87. The number of aromatic nitrogens is 1. The second kappa shape index (κ2) is 7.79. The van der Waals surface area contributed by atoms with Crippen LogP contribution in [0.5, 0.6) is 5.75 Å². The molecule has 0 radical (unpaired) electrons. The summed E-state index contributed by atoms with van der Waals surface area (Å²) in [6.07, 6.45) is 5.76. The number of benzene rings is 1. The fourth-order valence-corrected chi connectivity index (χ4v) is 2.70. The highest BCUT2D eigenvalue weighted by Crippen LogP contribution is 2.26. The first-order valence-electron chi connectivity index (χ1n) is 7.58. The third-order valence-electron chi connectivity index (χ3n) is 3.76. The van der Waals surface area contributed by atoms with Gasteiger partial charge >= 0.3 is 0 Å². The van der Waals surface area contributed by atoms with E-state index >= 15 is 0 Å². The summed E-state index contributed by atoms with van der Waals surface area (Å²) in [7, 11) is 1.73. The summed E-state index contributed by atoms with van der Waals surface area (Å²) >= 11 is 0. The number of aryl methyl sites for hydroxylation is 1. The maximum atomic E-state index is 5.48. The summed E-state index contributed by atoms with van der Waals surface area (Å²) in [5.74, 6) is 0.951. The monoisotopic (exact) mass is 284 g/mol. The van der Waals surface area contributed by atoms with Gasteiger partial charge in [0.05, 0.1) is 7.11 Å². The molecule has 1 N–H and O–H groups in total. The third-order valence-corrected chi connectivity index (χ3v) is 3.76. The first-order chi connectivity index (χ1) is 10.3. The summed E-state index contributed by atoms with van der Waals surface area (Å²) in [5, 5.41) is 3.59. The summed E-state index contributed by atoms with van der Waals surface area (Å²) in [4.78, 5) is 4.25. The summed E-state index contributed by atoms with van der Waals surface area (Å²) < 4.78 is 5.48. The van der Waals surface area contributed by atoms with Gasteiger partial charge in [0.1, 0.15) is 5.75 Å². The highest BCUT2D eigenvalue weighted by molar-refractivity contribution is 5.36. The maximum absolute atomic E-state index is 5.48. The molecule has 3 nitrogen and oxygen atoms in total. The zero-order chi connectivity index (χ0) is 15.1. The Balaban J connectivity index is 2.31. The molecule has 0 bridgehead atoms. The van der Waals surface area contributed by atoms with Crippen LogP contribution >= 0.6 is 0 Å². The number of hydrogen-bond acceptors (Lipinski definition) is 3. The number of rotatable bonds is 7. The van der Waals surface area contributed by atoms with Crippen LogP contribution in [0.2, 0.25) is 0 Å². The van der Waals surface area contributed by atoms with Gasteiger partial charge in [-0.15, -0.1) is 0 Å². The Morgan fingerprint density at radius 2 is 1.95 bits per heavy atom. The molecule has 0 amide bonds. The number of hydrogen-bond donors (Lipinski definition) is 1. The van der Waals surface area contributed by atoms with Gasteiger partial charge in [0.25, 0.3) is 0 Å². The number of methoxy groups -OCH3 is 1. The minimum Gasteiger partial charge on any atom is -0.496 e. The fraction of sp³-hybridized carbons (Fsp3) is 0.389. The molecule has 1 aromatic carbocycles. The lowest BCUT2D eigenvalue weighted by Crippen LogP contribution is -2.24. The van der Waals surface area contributed by atoms with Gasteiger partial charge in [0, 0.05) is 18.4 Å². The van der Waals surface area contributed by atoms with Crippen molar-refractivity contribution in [2.45, 2.75) is 32.7 Å². The molecule has 1 aromatic heterocycles. The molecule has 1 unspecified atom stereocenters. The minimum absolute atomic E-state index is 0.282. The maximum Gasteiger partial charge on any atom is 0.122 e. The SMILES string of the molecule is CCNC(Cc1ccccc1OC)c1ccncc1CC. The Morgan fingerprint density at radius 1 is 1.14 bits per heavy atom. The Morgan fingerprint density at radius 3 is 2.67 bits per heavy atom. The number of likely N-dealkylation sites (N-methyl/N-ethyl adjacent to an activating group) is 1. The molecule has 1 heterocycles. The average Bonchev–Trinajstić information content (AvgIpc) is 2.55. The molecule has 0 fully saturated rings. The van der Waals surface area contributed by atoms with Crippen LogP contribution in [0.1, 0.15) is 36.6 Å². The molecule has 0 aliphatic carbocycles. The van der Waals surface area contributed by atoms with Crippen LogP contribution in [-0.4, -0.2) is 18.6 Å². The third kappa shape index (κ3) is 3.82. The lowest BCUT2D eigenvalue weighted by atomic mass is 9.94. The predicted molar refractivity (Wildman–Crippen MR) is 86.7 cm³/mol. The fourth-order valence-electron chi connectivity index (χ4n) is 2.70. The van der Waals surface area contributed by atoms with Crippen LogP contribution in [0.3, 0.4) is 0 Å². The molecule has 0 saturated carbocycles. The number of para-hydroxylation sites is 1. The zero-order valence-electron chi connectivity index (χ0n) is 13.1. The van der Waals surface area contributed by atoms with Crippen LogP contribution < -0.4 is 10.1 Å². The van der Waals surface area contributed by atoms with Crippen molar-refractivity contribution in [3.05, 3.63) is 59.4 Å². The molecule has 112 valence electrons. The van der Waals surface area contributed by atoms with Gasteiger partial charge in [-0.1, -0.05) is 32.0 Å². The Labute approximate surface area is 127 Å². The number of pyridine rings is 1. The van der Waals surface area contributed by atoms with Crippen molar-refractivity contribution < 1.29 is 4.74 Å². The number of ether oxygens (including phenoxy) is 1. The van der Waals surface area contributed by atoms with Crippen LogP contribution in [0.15, 0.2) is 42.7 Å². The normalized spacial score (nSPS) is 12.1. The van der Waals surface area contributed by atoms with E-state index in [-0.39, 0.29) is 6.04 Å². The van der Waals surface area contributed by atoms with E-state index in [1.807, 2.05) is 24.5 Å². The van der Waals surface area contributed by atoms with E-state index in [1.54, 1.807) is 7.11 Å². The van der Waals surface area contributed by atoms with Crippen LogP contribution in [0, 0.1) is 0 Å². The van der Waals surface area contributed by atoms with Crippen molar-refractivity contribution in [3.8, 4) is 5.75 Å². The molecule has 0 aliphatic rings. The van der Waals surface area contributed by atoms with Gasteiger partial charge < -0.3 is 10.1 Å².